The average molecular weight is 321 g/mol. The van der Waals surface area contributed by atoms with Gasteiger partial charge in [-0.25, -0.2) is 0 Å². The Balaban J connectivity index is 1.88. The molecular formula is C19H15NO4. The second kappa shape index (κ2) is 6.50. The molecule has 1 aromatic heterocycles. The van der Waals surface area contributed by atoms with Crippen molar-refractivity contribution in [3.05, 3.63) is 65.9 Å². The van der Waals surface area contributed by atoms with Crippen LogP contribution in [0, 0.1) is 0 Å². The summed E-state index contributed by atoms with van der Waals surface area (Å²) >= 11 is 0. The highest BCUT2D eigenvalue weighted by molar-refractivity contribution is 6.01. The molecule has 0 aliphatic carbocycles. The molecule has 0 atom stereocenters. The normalized spacial score (nSPS) is 10.5. The van der Waals surface area contributed by atoms with Gasteiger partial charge < -0.3 is 9.84 Å². The minimum Gasteiger partial charge on any atom is -0.507 e. The zero-order valence-electron chi connectivity index (χ0n) is 13.0. The topological polar surface area (TPSA) is 76.5 Å². The van der Waals surface area contributed by atoms with Crippen molar-refractivity contribution in [1.82, 2.24) is 4.98 Å². The summed E-state index contributed by atoms with van der Waals surface area (Å²) in [7, 11) is 0. The van der Waals surface area contributed by atoms with Crippen LogP contribution >= 0.6 is 0 Å². The maximum atomic E-state index is 12.5. The predicted octanol–water partition coefficient (Wildman–Crippen LogP) is 3.29. The number of aromatic hydroxyl groups is 1. The number of rotatable bonds is 4. The van der Waals surface area contributed by atoms with Gasteiger partial charge in [0, 0.05) is 31.0 Å². The van der Waals surface area contributed by atoms with E-state index in [1.807, 2.05) is 30.3 Å². The van der Waals surface area contributed by atoms with Gasteiger partial charge in [-0.3, -0.25) is 14.6 Å². The fraction of sp³-hybridized carbons (Fsp3) is 0.105. The molecule has 24 heavy (non-hydrogen) atoms. The minimum absolute atomic E-state index is 0.120. The second-order valence-corrected chi connectivity index (χ2v) is 5.36. The Labute approximate surface area is 138 Å². The van der Waals surface area contributed by atoms with E-state index >= 15 is 0 Å². The Kier molecular flexibility index (Phi) is 4.24. The van der Waals surface area contributed by atoms with Crippen LogP contribution in [0.1, 0.15) is 22.8 Å². The van der Waals surface area contributed by atoms with Gasteiger partial charge in [0.2, 0.25) is 0 Å². The van der Waals surface area contributed by atoms with Crippen LogP contribution in [-0.2, 0) is 11.2 Å². The molecule has 5 heteroatoms. The lowest BCUT2D eigenvalue weighted by molar-refractivity contribution is -0.131. The van der Waals surface area contributed by atoms with Crippen LogP contribution in [0.3, 0.4) is 0 Å². The Bertz CT molecular complexity index is 928. The van der Waals surface area contributed by atoms with Gasteiger partial charge in [-0.15, -0.1) is 0 Å². The van der Waals surface area contributed by atoms with Crippen LogP contribution in [0.15, 0.2) is 54.7 Å². The molecule has 0 aliphatic heterocycles. The van der Waals surface area contributed by atoms with E-state index in [1.54, 1.807) is 6.20 Å². The summed E-state index contributed by atoms with van der Waals surface area (Å²) in [6.45, 7) is 1.27. The number of Topliss-reactive ketones (excluding diaryl/α,β-unsaturated/α-hetero) is 1. The van der Waals surface area contributed by atoms with Crippen molar-refractivity contribution in [2.24, 2.45) is 0 Å². The van der Waals surface area contributed by atoms with Crippen molar-refractivity contribution in [3.63, 3.8) is 0 Å². The van der Waals surface area contributed by atoms with Crippen molar-refractivity contribution < 1.29 is 19.4 Å². The Morgan fingerprint density at radius 2 is 1.92 bits per heavy atom. The van der Waals surface area contributed by atoms with Crippen LogP contribution < -0.4 is 4.74 Å². The molecule has 0 saturated carbocycles. The number of para-hydroxylation sites is 1. The third kappa shape index (κ3) is 3.25. The summed E-state index contributed by atoms with van der Waals surface area (Å²) < 4.78 is 4.89. The van der Waals surface area contributed by atoms with Crippen molar-refractivity contribution in [2.45, 2.75) is 13.3 Å². The second-order valence-electron chi connectivity index (χ2n) is 5.36. The number of aromatic nitrogens is 1. The number of benzene rings is 2. The third-order valence-electron chi connectivity index (χ3n) is 3.60. The van der Waals surface area contributed by atoms with Gasteiger partial charge in [-0.2, -0.15) is 0 Å². The SMILES string of the molecule is CC(=O)Oc1ccc(C(=O)Cc2cccc3cccnc23)c(O)c1. The molecule has 0 spiro atoms. The maximum absolute atomic E-state index is 12.5. The molecule has 0 fully saturated rings. The van der Waals surface area contributed by atoms with Crippen LogP contribution in [-0.4, -0.2) is 21.8 Å². The van der Waals surface area contributed by atoms with Gasteiger partial charge in [-0.1, -0.05) is 24.3 Å². The number of carbonyl (C=O) groups excluding carboxylic acids is 2. The van der Waals surface area contributed by atoms with E-state index in [-0.39, 0.29) is 29.3 Å². The van der Waals surface area contributed by atoms with E-state index in [0.717, 1.165) is 16.5 Å². The largest absolute Gasteiger partial charge is 0.507 e. The molecule has 3 rings (SSSR count). The van der Waals surface area contributed by atoms with Crippen molar-refractivity contribution >= 4 is 22.7 Å². The maximum Gasteiger partial charge on any atom is 0.308 e. The Hall–Kier alpha value is -3.21. The van der Waals surface area contributed by atoms with Gasteiger partial charge in [-0.05, 0) is 23.8 Å². The standard InChI is InChI=1S/C19H15NO4/c1-12(21)24-15-7-8-16(18(23)11-15)17(22)10-14-5-2-4-13-6-3-9-20-19(13)14/h2-9,11,23H,10H2,1H3. The van der Waals surface area contributed by atoms with Crippen LogP contribution in [0.2, 0.25) is 0 Å². The molecule has 2 aromatic carbocycles. The highest BCUT2D eigenvalue weighted by atomic mass is 16.5. The first-order chi connectivity index (χ1) is 11.5. The molecule has 0 aliphatic rings. The number of fused-ring (bicyclic) bond motifs is 1. The number of ketones is 1. The van der Waals surface area contributed by atoms with E-state index in [4.69, 9.17) is 4.74 Å². The fourth-order valence-electron chi connectivity index (χ4n) is 2.55. The zero-order chi connectivity index (χ0) is 17.1. The zero-order valence-corrected chi connectivity index (χ0v) is 13.0. The molecule has 120 valence electrons. The Morgan fingerprint density at radius 1 is 1.12 bits per heavy atom. The number of ether oxygens (including phenoxy) is 1. The third-order valence-corrected chi connectivity index (χ3v) is 3.60. The van der Waals surface area contributed by atoms with E-state index in [2.05, 4.69) is 4.98 Å². The van der Waals surface area contributed by atoms with E-state index in [1.165, 1.54) is 25.1 Å². The summed E-state index contributed by atoms with van der Waals surface area (Å²) in [6, 6.07) is 13.6. The van der Waals surface area contributed by atoms with Crippen molar-refractivity contribution in [2.75, 3.05) is 0 Å². The lowest BCUT2D eigenvalue weighted by atomic mass is 10.00. The van der Waals surface area contributed by atoms with Crippen molar-refractivity contribution in [3.8, 4) is 11.5 Å². The number of esters is 1. The van der Waals surface area contributed by atoms with Gasteiger partial charge in [0.15, 0.2) is 5.78 Å². The van der Waals surface area contributed by atoms with Crippen LogP contribution in [0.25, 0.3) is 10.9 Å². The summed E-state index contributed by atoms with van der Waals surface area (Å²) in [6.07, 6.45) is 1.80. The molecule has 0 amide bonds. The number of phenolic OH excluding ortho intramolecular Hbond substituents is 1. The van der Waals surface area contributed by atoms with Gasteiger partial charge in [0.25, 0.3) is 0 Å². The highest BCUT2D eigenvalue weighted by Crippen LogP contribution is 2.26. The molecule has 5 nitrogen and oxygen atoms in total. The molecular weight excluding hydrogens is 306 g/mol. The Morgan fingerprint density at radius 3 is 2.67 bits per heavy atom. The smallest absolute Gasteiger partial charge is 0.308 e. The van der Waals surface area contributed by atoms with E-state index < -0.39 is 5.97 Å². The number of pyridine rings is 1. The molecule has 0 bridgehead atoms. The number of carbonyl (C=O) groups is 2. The quantitative estimate of drug-likeness (QED) is 0.453. The first-order valence-electron chi connectivity index (χ1n) is 7.42. The number of nitrogens with zero attached hydrogens (tertiary/aromatic N) is 1. The van der Waals surface area contributed by atoms with Gasteiger partial charge in [0.1, 0.15) is 11.5 Å². The minimum atomic E-state index is -0.490. The number of hydrogen-bond acceptors (Lipinski definition) is 5. The van der Waals surface area contributed by atoms with E-state index in [9.17, 15) is 14.7 Å². The molecule has 0 radical (unpaired) electrons. The molecule has 0 saturated heterocycles. The van der Waals surface area contributed by atoms with Crippen molar-refractivity contribution in [1.29, 1.82) is 0 Å². The fourth-order valence-corrected chi connectivity index (χ4v) is 2.55. The van der Waals surface area contributed by atoms with Crippen LogP contribution in [0.5, 0.6) is 11.5 Å². The average Bonchev–Trinajstić information content (AvgIpc) is 2.54. The summed E-state index contributed by atoms with van der Waals surface area (Å²) in [4.78, 5) is 27.8. The van der Waals surface area contributed by atoms with Gasteiger partial charge in [0.05, 0.1) is 11.1 Å². The van der Waals surface area contributed by atoms with Crippen LogP contribution in [0.4, 0.5) is 0 Å². The summed E-state index contributed by atoms with van der Waals surface area (Å²) in [5, 5.41) is 11.0. The first kappa shape index (κ1) is 15.7. The molecule has 0 unspecified atom stereocenters. The number of phenols is 1. The number of hydrogen-bond donors (Lipinski definition) is 1. The molecule has 1 N–H and O–H groups in total. The van der Waals surface area contributed by atoms with Gasteiger partial charge >= 0.3 is 5.97 Å². The predicted molar refractivity (Wildman–Crippen MR) is 89.2 cm³/mol. The monoisotopic (exact) mass is 321 g/mol. The lowest BCUT2D eigenvalue weighted by Gasteiger charge is -2.08. The first-order valence-corrected chi connectivity index (χ1v) is 7.42. The molecule has 3 aromatic rings. The van der Waals surface area contributed by atoms with E-state index in [0.29, 0.717) is 0 Å². The lowest BCUT2D eigenvalue weighted by Crippen LogP contribution is -2.06. The highest BCUT2D eigenvalue weighted by Gasteiger charge is 2.15. The summed E-state index contributed by atoms with van der Waals surface area (Å²) in [5.41, 5.74) is 1.74. The molecule has 1 heterocycles. The summed E-state index contributed by atoms with van der Waals surface area (Å²) in [5.74, 6) is -0.745.